The molecule has 0 unspecified atom stereocenters. The molecule has 0 amide bonds. The molecule has 3 rings (SSSR count). The quantitative estimate of drug-likeness (QED) is 0.722. The van der Waals surface area contributed by atoms with Gasteiger partial charge < -0.3 is 4.74 Å². The Hall–Kier alpha value is -1.89. The predicted molar refractivity (Wildman–Crippen MR) is 96.6 cm³/mol. The molecule has 1 saturated heterocycles. The van der Waals surface area contributed by atoms with Crippen LogP contribution in [0.15, 0.2) is 42.7 Å². The van der Waals surface area contributed by atoms with E-state index in [1.807, 2.05) is 12.1 Å². The minimum absolute atomic E-state index is 0.456. The molecule has 1 aromatic carbocycles. The van der Waals surface area contributed by atoms with E-state index in [-0.39, 0.29) is 0 Å². The molecule has 0 saturated carbocycles. The number of hydrogen-bond donors (Lipinski definition) is 0. The van der Waals surface area contributed by atoms with Gasteiger partial charge in [-0.25, -0.2) is 8.78 Å². The van der Waals surface area contributed by atoms with E-state index in [0.29, 0.717) is 18.7 Å². The molecule has 0 atom stereocenters. The molecule has 0 aliphatic carbocycles. The van der Waals surface area contributed by atoms with E-state index in [9.17, 15) is 8.78 Å². The lowest BCUT2D eigenvalue weighted by Crippen LogP contribution is -2.38. The second-order valence-electron chi connectivity index (χ2n) is 6.61. The predicted octanol–water partition coefficient (Wildman–Crippen LogP) is 3.08. The van der Waals surface area contributed by atoms with Crippen molar-refractivity contribution < 1.29 is 13.5 Å². The van der Waals surface area contributed by atoms with Gasteiger partial charge >= 0.3 is 0 Å². The molecule has 1 aliphatic heterocycles. The number of hydrogen-bond acceptors (Lipinski definition) is 4. The third-order valence-corrected chi connectivity index (χ3v) is 4.62. The summed E-state index contributed by atoms with van der Waals surface area (Å²) in [5.41, 5.74) is 1.65. The molecule has 140 valence electrons. The third kappa shape index (κ3) is 5.83. The Balaban J connectivity index is 1.60. The Morgan fingerprint density at radius 2 is 1.81 bits per heavy atom. The summed E-state index contributed by atoms with van der Waals surface area (Å²) in [6.45, 7) is 6.54. The second kappa shape index (κ2) is 9.71. The van der Waals surface area contributed by atoms with Gasteiger partial charge in [0.1, 0.15) is 11.6 Å². The fourth-order valence-corrected chi connectivity index (χ4v) is 3.19. The highest BCUT2D eigenvalue weighted by atomic mass is 19.1. The van der Waals surface area contributed by atoms with Crippen molar-refractivity contribution in [2.24, 2.45) is 0 Å². The fourth-order valence-electron chi connectivity index (χ4n) is 3.19. The van der Waals surface area contributed by atoms with Gasteiger partial charge in [0.2, 0.25) is 0 Å². The average molecular weight is 361 g/mol. The summed E-state index contributed by atoms with van der Waals surface area (Å²) in [6, 6.07) is 7.74. The lowest BCUT2D eigenvalue weighted by molar-refractivity contribution is 0.0358. The number of rotatable bonds is 8. The maximum absolute atomic E-state index is 14.1. The van der Waals surface area contributed by atoms with Crippen LogP contribution in [-0.2, 0) is 17.8 Å². The van der Waals surface area contributed by atoms with E-state index >= 15 is 0 Å². The standard InChI is InChI=1S/C20H25F2N3O/c21-19-3-2-18(20(22)14-19)16-25(15-17-4-6-23-7-5-17)9-1-8-24-10-12-26-13-11-24/h2-7,14H,1,8-13,15-16H2. The topological polar surface area (TPSA) is 28.6 Å². The van der Waals surface area contributed by atoms with Crippen molar-refractivity contribution in [1.29, 1.82) is 0 Å². The van der Waals surface area contributed by atoms with Gasteiger partial charge in [-0.05, 0) is 36.7 Å². The Morgan fingerprint density at radius 3 is 2.54 bits per heavy atom. The highest BCUT2D eigenvalue weighted by Crippen LogP contribution is 2.15. The molecule has 2 aromatic rings. The third-order valence-electron chi connectivity index (χ3n) is 4.62. The first-order valence-electron chi connectivity index (χ1n) is 9.06. The van der Waals surface area contributed by atoms with Gasteiger partial charge in [-0.1, -0.05) is 6.07 Å². The van der Waals surface area contributed by atoms with Crippen LogP contribution < -0.4 is 0 Å². The highest BCUT2D eigenvalue weighted by molar-refractivity contribution is 5.19. The summed E-state index contributed by atoms with van der Waals surface area (Å²) < 4.78 is 32.6. The molecule has 4 nitrogen and oxygen atoms in total. The lowest BCUT2D eigenvalue weighted by atomic mass is 10.1. The highest BCUT2D eigenvalue weighted by Gasteiger charge is 2.13. The Labute approximate surface area is 153 Å². The summed E-state index contributed by atoms with van der Waals surface area (Å²) in [6.07, 6.45) is 4.52. The van der Waals surface area contributed by atoms with Crippen LogP contribution in [0.3, 0.4) is 0 Å². The SMILES string of the molecule is Fc1ccc(CN(CCCN2CCOCC2)Cc2ccncc2)c(F)c1. The van der Waals surface area contributed by atoms with Crippen LogP contribution in [0.25, 0.3) is 0 Å². The molecule has 1 aromatic heterocycles. The first-order chi connectivity index (χ1) is 12.7. The summed E-state index contributed by atoms with van der Waals surface area (Å²) in [4.78, 5) is 8.64. The van der Waals surface area contributed by atoms with Crippen LogP contribution in [0.2, 0.25) is 0 Å². The largest absolute Gasteiger partial charge is 0.379 e. The van der Waals surface area contributed by atoms with Crippen molar-refractivity contribution in [2.75, 3.05) is 39.4 Å². The maximum atomic E-state index is 14.1. The fraction of sp³-hybridized carbons (Fsp3) is 0.450. The second-order valence-corrected chi connectivity index (χ2v) is 6.61. The van der Waals surface area contributed by atoms with Gasteiger partial charge in [0.25, 0.3) is 0 Å². The van der Waals surface area contributed by atoms with E-state index in [2.05, 4.69) is 14.8 Å². The van der Waals surface area contributed by atoms with Crippen molar-refractivity contribution in [3.8, 4) is 0 Å². The number of benzene rings is 1. The van der Waals surface area contributed by atoms with Gasteiger partial charge in [-0.3, -0.25) is 14.8 Å². The van der Waals surface area contributed by atoms with Gasteiger partial charge in [-0.2, -0.15) is 0 Å². The number of halogens is 2. The molecule has 0 N–H and O–H groups in total. The first kappa shape index (κ1) is 18.9. The number of pyridine rings is 1. The molecule has 1 aliphatic rings. The number of ether oxygens (including phenoxy) is 1. The molecular formula is C20H25F2N3O. The monoisotopic (exact) mass is 361 g/mol. The van der Waals surface area contributed by atoms with Crippen molar-refractivity contribution in [3.63, 3.8) is 0 Å². The maximum Gasteiger partial charge on any atom is 0.130 e. The van der Waals surface area contributed by atoms with E-state index in [1.54, 1.807) is 12.4 Å². The summed E-state index contributed by atoms with van der Waals surface area (Å²) >= 11 is 0. The molecule has 26 heavy (non-hydrogen) atoms. The molecule has 0 spiro atoms. The summed E-state index contributed by atoms with van der Waals surface area (Å²) in [5.74, 6) is -1.03. The van der Waals surface area contributed by atoms with E-state index < -0.39 is 11.6 Å². The minimum Gasteiger partial charge on any atom is -0.379 e. The first-order valence-corrected chi connectivity index (χ1v) is 9.06. The van der Waals surface area contributed by atoms with Crippen LogP contribution >= 0.6 is 0 Å². The molecule has 0 radical (unpaired) electrons. The zero-order chi connectivity index (χ0) is 18.2. The molecule has 6 heteroatoms. The Kier molecular flexibility index (Phi) is 7.05. The number of morpholine rings is 1. The van der Waals surface area contributed by atoms with Crippen LogP contribution in [0.1, 0.15) is 17.5 Å². The molecule has 0 bridgehead atoms. The minimum atomic E-state index is -0.542. The van der Waals surface area contributed by atoms with Crippen molar-refractivity contribution in [3.05, 3.63) is 65.5 Å². The molecular weight excluding hydrogens is 336 g/mol. The zero-order valence-electron chi connectivity index (χ0n) is 14.9. The average Bonchev–Trinajstić information content (AvgIpc) is 2.65. The van der Waals surface area contributed by atoms with Crippen LogP contribution in [-0.4, -0.2) is 54.2 Å². The number of aromatic nitrogens is 1. The summed E-state index contributed by atoms with van der Waals surface area (Å²) in [7, 11) is 0. The van der Waals surface area contributed by atoms with Crippen LogP contribution in [0.4, 0.5) is 8.78 Å². The van der Waals surface area contributed by atoms with Gasteiger partial charge in [0.05, 0.1) is 13.2 Å². The molecule has 1 fully saturated rings. The van der Waals surface area contributed by atoms with E-state index in [4.69, 9.17) is 4.74 Å². The zero-order valence-corrected chi connectivity index (χ0v) is 14.9. The normalized spacial score (nSPS) is 15.5. The van der Waals surface area contributed by atoms with E-state index in [0.717, 1.165) is 57.4 Å². The van der Waals surface area contributed by atoms with Crippen molar-refractivity contribution in [1.82, 2.24) is 14.8 Å². The van der Waals surface area contributed by atoms with Gasteiger partial charge in [-0.15, -0.1) is 0 Å². The van der Waals surface area contributed by atoms with Crippen LogP contribution in [0.5, 0.6) is 0 Å². The Bertz CT molecular complexity index is 678. The van der Waals surface area contributed by atoms with Gasteiger partial charge in [0, 0.05) is 56.7 Å². The lowest BCUT2D eigenvalue weighted by Gasteiger charge is -2.28. The van der Waals surface area contributed by atoms with E-state index in [1.165, 1.54) is 12.1 Å². The van der Waals surface area contributed by atoms with Crippen molar-refractivity contribution >= 4 is 0 Å². The summed E-state index contributed by atoms with van der Waals surface area (Å²) in [5, 5.41) is 0. The smallest absolute Gasteiger partial charge is 0.130 e. The van der Waals surface area contributed by atoms with Crippen molar-refractivity contribution in [2.45, 2.75) is 19.5 Å². The van der Waals surface area contributed by atoms with Crippen LogP contribution in [0, 0.1) is 11.6 Å². The van der Waals surface area contributed by atoms with Gasteiger partial charge in [0.15, 0.2) is 0 Å². The molecule has 2 heterocycles. The number of nitrogens with zero attached hydrogens (tertiary/aromatic N) is 3. The Morgan fingerprint density at radius 1 is 1.04 bits per heavy atom.